The Morgan fingerprint density at radius 2 is 1.40 bits per heavy atom. The number of benzene rings is 3. The third-order valence-corrected chi connectivity index (χ3v) is 3.59. The summed E-state index contributed by atoms with van der Waals surface area (Å²) in [4.78, 5) is 0. The van der Waals surface area contributed by atoms with Crippen LogP contribution in [0.3, 0.4) is 0 Å². The Morgan fingerprint density at radius 1 is 0.650 bits per heavy atom. The van der Waals surface area contributed by atoms with Gasteiger partial charge in [0.05, 0.1) is 10.0 Å². The molecule has 0 bridgehead atoms. The van der Waals surface area contributed by atoms with Gasteiger partial charge in [-0.05, 0) is 23.6 Å². The van der Waals surface area contributed by atoms with Gasteiger partial charge in [-0.3, -0.25) is 0 Å². The quantitative estimate of drug-likeness (QED) is 0.479. The minimum Gasteiger partial charge on any atom is -0.149 e. The van der Waals surface area contributed by atoms with Gasteiger partial charge in [0.25, 0.3) is 0 Å². The lowest BCUT2D eigenvalue weighted by atomic mass is 10.1. The number of hydrogen-bond acceptors (Lipinski definition) is 2. The normalized spacial score (nSPS) is 11.3. The molecule has 3 rings (SSSR count). The first-order valence-corrected chi connectivity index (χ1v) is 6.85. The molecule has 0 aliphatic rings. The van der Waals surface area contributed by atoms with Crippen LogP contribution in [0.2, 0.25) is 10.0 Å². The molecule has 0 amide bonds. The fourth-order valence-electron chi connectivity index (χ4n) is 1.97. The zero-order valence-corrected chi connectivity index (χ0v) is 11.9. The molecule has 3 aromatic carbocycles. The Kier molecular flexibility index (Phi) is 3.68. The molecule has 20 heavy (non-hydrogen) atoms. The van der Waals surface area contributed by atoms with Gasteiger partial charge in [-0.15, -0.1) is 10.2 Å². The van der Waals surface area contributed by atoms with Gasteiger partial charge in [0, 0.05) is 5.39 Å². The Balaban J connectivity index is 2.11. The van der Waals surface area contributed by atoms with Crippen LogP contribution in [0.15, 0.2) is 70.9 Å². The summed E-state index contributed by atoms with van der Waals surface area (Å²) in [5.74, 6) is 0. The largest absolute Gasteiger partial charge is 0.149 e. The van der Waals surface area contributed by atoms with Gasteiger partial charge in [-0.25, -0.2) is 0 Å². The minimum absolute atomic E-state index is 0.563. The second kappa shape index (κ2) is 5.61. The summed E-state index contributed by atoms with van der Waals surface area (Å²) in [7, 11) is 0. The minimum atomic E-state index is 0.563. The van der Waals surface area contributed by atoms with Gasteiger partial charge in [-0.2, -0.15) is 0 Å². The Labute approximate surface area is 126 Å². The third kappa shape index (κ3) is 2.53. The second-order valence-electron chi connectivity index (χ2n) is 4.27. The number of halogens is 2. The zero-order valence-electron chi connectivity index (χ0n) is 10.4. The Hall–Kier alpha value is -1.90. The summed E-state index contributed by atoms with van der Waals surface area (Å²) in [6.45, 7) is 0. The zero-order chi connectivity index (χ0) is 13.9. The maximum Gasteiger partial charge on any atom is 0.112 e. The molecule has 2 nitrogen and oxygen atoms in total. The fraction of sp³-hybridized carbons (Fsp3) is 0. The van der Waals surface area contributed by atoms with E-state index in [0.717, 1.165) is 10.8 Å². The molecule has 0 aliphatic heterocycles. The Bertz CT molecular complexity index is 797. The second-order valence-corrected chi connectivity index (χ2v) is 5.08. The van der Waals surface area contributed by atoms with E-state index in [0.29, 0.717) is 21.4 Å². The summed E-state index contributed by atoms with van der Waals surface area (Å²) in [6, 6.07) is 19.0. The summed E-state index contributed by atoms with van der Waals surface area (Å²) >= 11 is 12.3. The molecule has 0 fully saturated rings. The van der Waals surface area contributed by atoms with Gasteiger partial charge in [0.15, 0.2) is 0 Å². The van der Waals surface area contributed by atoms with E-state index < -0.39 is 0 Å². The highest BCUT2D eigenvalue weighted by atomic mass is 35.5. The maximum atomic E-state index is 6.22. The predicted octanol–water partition coefficient (Wildman–Crippen LogP) is 6.56. The van der Waals surface area contributed by atoms with E-state index >= 15 is 0 Å². The van der Waals surface area contributed by atoms with Crippen LogP contribution in [0.5, 0.6) is 0 Å². The number of nitrogens with zero attached hydrogens (tertiary/aromatic N) is 2. The molecule has 0 saturated carbocycles. The first-order valence-electron chi connectivity index (χ1n) is 6.09. The van der Waals surface area contributed by atoms with E-state index in [1.807, 2.05) is 54.6 Å². The predicted molar refractivity (Wildman–Crippen MR) is 84.6 cm³/mol. The van der Waals surface area contributed by atoms with Gasteiger partial charge >= 0.3 is 0 Å². The van der Waals surface area contributed by atoms with Gasteiger partial charge in [0.1, 0.15) is 11.4 Å². The summed E-state index contributed by atoms with van der Waals surface area (Å²) in [5.41, 5.74) is 1.28. The van der Waals surface area contributed by atoms with Crippen LogP contribution in [-0.2, 0) is 0 Å². The third-order valence-electron chi connectivity index (χ3n) is 2.96. The van der Waals surface area contributed by atoms with Crippen LogP contribution in [-0.4, -0.2) is 0 Å². The number of azo groups is 1. The molecule has 0 unspecified atom stereocenters. The molecule has 0 N–H and O–H groups in total. The standard InChI is InChI=1S/C16H10Cl2N2/c17-13-7-3-4-8-15(13)19-20-16-12-6-2-1-5-11(12)9-10-14(16)18/h1-10H. The Morgan fingerprint density at radius 3 is 2.25 bits per heavy atom. The van der Waals surface area contributed by atoms with Crippen molar-refractivity contribution in [3.8, 4) is 0 Å². The number of hydrogen-bond donors (Lipinski definition) is 0. The first-order chi connectivity index (χ1) is 9.75. The number of fused-ring (bicyclic) bond motifs is 1. The summed E-state index contributed by atoms with van der Waals surface area (Å²) in [6.07, 6.45) is 0. The monoisotopic (exact) mass is 300 g/mol. The lowest BCUT2D eigenvalue weighted by molar-refractivity contribution is 1.24. The molecule has 0 atom stereocenters. The molecule has 0 aromatic heterocycles. The molecule has 0 heterocycles. The van der Waals surface area contributed by atoms with Crippen molar-refractivity contribution in [3.05, 3.63) is 70.7 Å². The molecule has 98 valence electrons. The van der Waals surface area contributed by atoms with Gasteiger partial charge < -0.3 is 0 Å². The maximum absolute atomic E-state index is 6.22. The van der Waals surface area contributed by atoms with E-state index in [-0.39, 0.29) is 0 Å². The summed E-state index contributed by atoms with van der Waals surface area (Å²) < 4.78 is 0. The highest BCUT2D eigenvalue weighted by Crippen LogP contribution is 2.35. The fourth-order valence-corrected chi connectivity index (χ4v) is 2.34. The van der Waals surface area contributed by atoms with E-state index in [4.69, 9.17) is 23.2 Å². The molecular formula is C16H10Cl2N2. The van der Waals surface area contributed by atoms with Crippen molar-refractivity contribution >= 4 is 45.3 Å². The highest BCUT2D eigenvalue weighted by molar-refractivity contribution is 6.34. The van der Waals surface area contributed by atoms with E-state index in [9.17, 15) is 0 Å². The van der Waals surface area contributed by atoms with Crippen molar-refractivity contribution in [1.82, 2.24) is 0 Å². The van der Waals surface area contributed by atoms with Crippen molar-refractivity contribution < 1.29 is 0 Å². The van der Waals surface area contributed by atoms with Crippen molar-refractivity contribution in [1.29, 1.82) is 0 Å². The molecule has 0 saturated heterocycles. The molecule has 0 aliphatic carbocycles. The average molecular weight is 301 g/mol. The smallest absolute Gasteiger partial charge is 0.112 e. The molecule has 0 spiro atoms. The highest BCUT2D eigenvalue weighted by Gasteiger charge is 2.05. The SMILES string of the molecule is Clc1ccccc1N=Nc1c(Cl)ccc2ccccc12. The lowest BCUT2D eigenvalue weighted by Gasteiger charge is -2.03. The van der Waals surface area contributed by atoms with E-state index in [1.54, 1.807) is 6.07 Å². The van der Waals surface area contributed by atoms with Gasteiger partial charge in [-0.1, -0.05) is 65.7 Å². The van der Waals surface area contributed by atoms with Gasteiger partial charge in [0.2, 0.25) is 0 Å². The van der Waals surface area contributed by atoms with Crippen molar-refractivity contribution in [2.75, 3.05) is 0 Å². The van der Waals surface area contributed by atoms with Crippen LogP contribution in [0.25, 0.3) is 10.8 Å². The van der Waals surface area contributed by atoms with E-state index in [1.165, 1.54) is 0 Å². The molecular weight excluding hydrogens is 291 g/mol. The van der Waals surface area contributed by atoms with Crippen LogP contribution in [0, 0.1) is 0 Å². The number of rotatable bonds is 2. The first kappa shape index (κ1) is 13.1. The molecule has 3 aromatic rings. The van der Waals surface area contributed by atoms with Crippen molar-refractivity contribution in [2.45, 2.75) is 0 Å². The summed E-state index contributed by atoms with van der Waals surface area (Å²) in [5, 5.41) is 11.6. The van der Waals surface area contributed by atoms with Crippen LogP contribution in [0.1, 0.15) is 0 Å². The van der Waals surface area contributed by atoms with Crippen LogP contribution in [0.4, 0.5) is 11.4 Å². The van der Waals surface area contributed by atoms with Crippen LogP contribution >= 0.6 is 23.2 Å². The van der Waals surface area contributed by atoms with Crippen LogP contribution < -0.4 is 0 Å². The molecule has 0 radical (unpaired) electrons. The van der Waals surface area contributed by atoms with Crippen molar-refractivity contribution in [2.24, 2.45) is 10.2 Å². The topological polar surface area (TPSA) is 24.7 Å². The molecule has 4 heteroatoms. The van der Waals surface area contributed by atoms with Crippen molar-refractivity contribution in [3.63, 3.8) is 0 Å². The van der Waals surface area contributed by atoms with E-state index in [2.05, 4.69) is 10.2 Å². The average Bonchev–Trinajstić information content (AvgIpc) is 2.48. The lowest BCUT2D eigenvalue weighted by Crippen LogP contribution is -1.75.